The number of hydrogen-bond acceptors (Lipinski definition) is 4. The van der Waals surface area contributed by atoms with Crippen molar-refractivity contribution in [2.75, 3.05) is 46.4 Å². The number of thiophene rings is 1. The summed E-state index contributed by atoms with van der Waals surface area (Å²) in [4.78, 5) is 22.6. The van der Waals surface area contributed by atoms with Gasteiger partial charge in [-0.2, -0.15) is 0 Å². The van der Waals surface area contributed by atoms with Gasteiger partial charge in [-0.25, -0.2) is 4.99 Å². The minimum absolute atomic E-state index is 0. The molecule has 2 aliphatic rings. The van der Waals surface area contributed by atoms with Crippen LogP contribution in [0.5, 0.6) is 0 Å². The Balaban J connectivity index is 0.00000243. The standard InChI is InChI=1S/C18H28N4O2S.HI/c1-3-19-18(21(2)11-14-5-8-24-13-14)20-10-17(23)22-7-4-16-15(12-22)6-9-25-16;/h6,9,14H,3-5,7-8,10-13H2,1-2H3,(H,19,20);1H. The van der Waals surface area contributed by atoms with E-state index in [0.717, 1.165) is 58.2 Å². The van der Waals surface area contributed by atoms with Crippen molar-refractivity contribution in [3.63, 3.8) is 0 Å². The van der Waals surface area contributed by atoms with Crippen molar-refractivity contribution >= 4 is 47.2 Å². The number of carbonyl (C=O) groups is 1. The molecule has 146 valence electrons. The topological polar surface area (TPSA) is 57.2 Å². The quantitative estimate of drug-likeness (QED) is 0.389. The van der Waals surface area contributed by atoms with Gasteiger partial charge in [0.15, 0.2) is 5.96 Å². The van der Waals surface area contributed by atoms with Crippen LogP contribution in [0.2, 0.25) is 0 Å². The highest BCUT2D eigenvalue weighted by atomic mass is 127. The van der Waals surface area contributed by atoms with Crippen LogP contribution in [0.3, 0.4) is 0 Å². The molecule has 0 bridgehead atoms. The summed E-state index contributed by atoms with van der Waals surface area (Å²) in [5.74, 6) is 1.45. The van der Waals surface area contributed by atoms with E-state index in [1.165, 1.54) is 10.4 Å². The highest BCUT2D eigenvalue weighted by Crippen LogP contribution is 2.24. The molecule has 8 heteroatoms. The lowest BCUT2D eigenvalue weighted by atomic mass is 10.1. The summed E-state index contributed by atoms with van der Waals surface area (Å²) in [7, 11) is 2.03. The van der Waals surface area contributed by atoms with Crippen LogP contribution in [-0.2, 0) is 22.5 Å². The SMILES string of the molecule is CCNC(=NCC(=O)N1CCc2sccc2C1)N(C)CC1CCOC1.I. The average molecular weight is 492 g/mol. The molecule has 1 unspecified atom stereocenters. The molecule has 26 heavy (non-hydrogen) atoms. The maximum atomic E-state index is 12.6. The van der Waals surface area contributed by atoms with Crippen molar-refractivity contribution in [1.29, 1.82) is 0 Å². The van der Waals surface area contributed by atoms with Crippen LogP contribution in [0.25, 0.3) is 0 Å². The van der Waals surface area contributed by atoms with Gasteiger partial charge in [0.05, 0.1) is 6.61 Å². The molecule has 2 aliphatic heterocycles. The molecule has 0 aliphatic carbocycles. The lowest BCUT2D eigenvalue weighted by Gasteiger charge is -2.27. The molecule has 3 rings (SSSR count). The molecular weight excluding hydrogens is 463 g/mol. The van der Waals surface area contributed by atoms with Gasteiger partial charge in [-0.15, -0.1) is 35.3 Å². The normalized spacial score (nSPS) is 19.7. The summed E-state index contributed by atoms with van der Waals surface area (Å²) < 4.78 is 5.45. The van der Waals surface area contributed by atoms with Crippen molar-refractivity contribution < 1.29 is 9.53 Å². The number of ether oxygens (including phenoxy) is 1. The van der Waals surface area contributed by atoms with Gasteiger partial charge >= 0.3 is 0 Å². The smallest absolute Gasteiger partial charge is 0.244 e. The Morgan fingerprint density at radius 1 is 1.54 bits per heavy atom. The van der Waals surface area contributed by atoms with E-state index in [4.69, 9.17) is 4.74 Å². The molecule has 1 amide bonds. The third kappa shape index (κ3) is 5.56. The zero-order valence-corrected chi connectivity index (χ0v) is 18.7. The van der Waals surface area contributed by atoms with Crippen LogP contribution in [0, 0.1) is 5.92 Å². The van der Waals surface area contributed by atoms with Crippen molar-refractivity contribution in [1.82, 2.24) is 15.1 Å². The summed E-state index contributed by atoms with van der Waals surface area (Å²) in [6, 6.07) is 2.13. The van der Waals surface area contributed by atoms with Crippen molar-refractivity contribution in [2.45, 2.75) is 26.3 Å². The second-order valence-electron chi connectivity index (χ2n) is 6.71. The summed E-state index contributed by atoms with van der Waals surface area (Å²) in [6.45, 7) is 7.14. The van der Waals surface area contributed by atoms with Crippen LogP contribution in [-0.4, -0.2) is 68.1 Å². The largest absolute Gasteiger partial charge is 0.381 e. The van der Waals surface area contributed by atoms with Crippen LogP contribution >= 0.6 is 35.3 Å². The highest BCUT2D eigenvalue weighted by Gasteiger charge is 2.22. The molecule has 1 atom stereocenters. The first-order valence-electron chi connectivity index (χ1n) is 9.07. The molecular formula is C18H29IN4O2S. The van der Waals surface area contributed by atoms with Crippen LogP contribution in [0.1, 0.15) is 23.8 Å². The fourth-order valence-electron chi connectivity index (χ4n) is 3.37. The van der Waals surface area contributed by atoms with E-state index in [0.29, 0.717) is 5.92 Å². The highest BCUT2D eigenvalue weighted by molar-refractivity contribution is 14.0. The van der Waals surface area contributed by atoms with E-state index >= 15 is 0 Å². The minimum Gasteiger partial charge on any atom is -0.381 e. The zero-order valence-electron chi connectivity index (χ0n) is 15.6. The number of nitrogens with zero attached hydrogens (tertiary/aromatic N) is 3. The number of aliphatic imine (C=N–C) groups is 1. The molecule has 1 aromatic rings. The van der Waals surface area contributed by atoms with Crippen LogP contribution < -0.4 is 5.32 Å². The Hall–Kier alpha value is -0.870. The number of fused-ring (bicyclic) bond motifs is 1. The van der Waals surface area contributed by atoms with Gasteiger partial charge in [-0.3, -0.25) is 4.79 Å². The number of guanidine groups is 1. The number of hydrogen-bond donors (Lipinski definition) is 1. The van der Waals surface area contributed by atoms with Gasteiger partial charge in [0, 0.05) is 50.6 Å². The molecule has 3 heterocycles. The molecule has 0 spiro atoms. The maximum absolute atomic E-state index is 12.6. The van der Waals surface area contributed by atoms with E-state index in [1.807, 2.05) is 18.9 Å². The molecule has 6 nitrogen and oxygen atoms in total. The van der Waals surface area contributed by atoms with E-state index in [1.54, 1.807) is 11.3 Å². The third-order valence-electron chi connectivity index (χ3n) is 4.78. The fraction of sp³-hybridized carbons (Fsp3) is 0.667. The molecule has 1 fully saturated rings. The number of halogens is 1. The first-order valence-corrected chi connectivity index (χ1v) is 9.95. The monoisotopic (exact) mass is 492 g/mol. The van der Waals surface area contributed by atoms with Crippen molar-refractivity contribution in [3.05, 3.63) is 21.9 Å². The molecule has 0 saturated carbocycles. The Labute approximate surface area is 177 Å². The van der Waals surface area contributed by atoms with Gasteiger partial charge < -0.3 is 19.9 Å². The average Bonchev–Trinajstić information content (AvgIpc) is 3.28. The third-order valence-corrected chi connectivity index (χ3v) is 5.80. The number of nitrogens with one attached hydrogen (secondary N) is 1. The number of carbonyl (C=O) groups excluding carboxylic acids is 1. The van der Waals surface area contributed by atoms with E-state index in [2.05, 4.69) is 26.7 Å². The van der Waals surface area contributed by atoms with E-state index in [9.17, 15) is 4.79 Å². The maximum Gasteiger partial charge on any atom is 0.244 e. The fourth-order valence-corrected chi connectivity index (χ4v) is 4.26. The predicted molar refractivity (Wildman–Crippen MR) is 116 cm³/mol. The molecule has 1 aromatic heterocycles. The van der Waals surface area contributed by atoms with Gasteiger partial charge in [-0.05, 0) is 36.8 Å². The van der Waals surface area contributed by atoms with Gasteiger partial charge in [-0.1, -0.05) is 0 Å². The van der Waals surface area contributed by atoms with Gasteiger partial charge in [0.1, 0.15) is 6.54 Å². The van der Waals surface area contributed by atoms with Gasteiger partial charge in [0.25, 0.3) is 0 Å². The van der Waals surface area contributed by atoms with E-state index in [-0.39, 0.29) is 36.4 Å². The zero-order chi connectivity index (χ0) is 17.6. The number of amides is 1. The first-order chi connectivity index (χ1) is 12.2. The summed E-state index contributed by atoms with van der Waals surface area (Å²) >= 11 is 1.79. The van der Waals surface area contributed by atoms with Crippen LogP contribution in [0.15, 0.2) is 16.4 Å². The Kier molecular flexibility index (Phi) is 8.62. The first kappa shape index (κ1) is 21.4. The Morgan fingerprint density at radius 2 is 2.38 bits per heavy atom. The Morgan fingerprint density at radius 3 is 3.12 bits per heavy atom. The van der Waals surface area contributed by atoms with Crippen molar-refractivity contribution in [3.8, 4) is 0 Å². The second-order valence-corrected chi connectivity index (χ2v) is 7.72. The molecule has 0 aromatic carbocycles. The Bertz CT molecular complexity index is 616. The predicted octanol–water partition coefficient (Wildman–Crippen LogP) is 2.18. The van der Waals surface area contributed by atoms with Gasteiger partial charge in [0.2, 0.25) is 5.91 Å². The molecule has 1 N–H and O–H groups in total. The van der Waals surface area contributed by atoms with Crippen molar-refractivity contribution in [2.24, 2.45) is 10.9 Å². The lowest BCUT2D eigenvalue weighted by Crippen LogP contribution is -2.43. The summed E-state index contributed by atoms with van der Waals surface area (Å²) in [5.41, 5.74) is 1.29. The molecule has 1 saturated heterocycles. The summed E-state index contributed by atoms with van der Waals surface area (Å²) in [5, 5.41) is 5.41. The second kappa shape index (κ2) is 10.5. The lowest BCUT2D eigenvalue weighted by molar-refractivity contribution is -0.130. The van der Waals surface area contributed by atoms with Crippen LogP contribution in [0.4, 0.5) is 0 Å². The molecule has 0 radical (unpaired) electrons. The van der Waals surface area contributed by atoms with E-state index < -0.39 is 0 Å². The number of rotatable bonds is 5. The summed E-state index contributed by atoms with van der Waals surface area (Å²) in [6.07, 6.45) is 2.06. The minimum atomic E-state index is 0.